The maximum Gasteiger partial charge on any atom is 0.358 e. The Morgan fingerprint density at radius 3 is 2.45 bits per heavy atom. The van der Waals surface area contributed by atoms with E-state index >= 15 is 0 Å². The minimum atomic E-state index is -3.84. The molecular weight excluding hydrogens is 374 g/mol. The number of carbonyl (C=O) groups is 1. The quantitative estimate of drug-likeness (QED) is 0.810. The lowest BCUT2D eigenvalue weighted by Crippen LogP contribution is -2.17. The monoisotopic (exact) mass is 387 g/mol. The molecule has 0 unspecified atom stereocenters. The first-order valence-electron chi connectivity index (χ1n) is 6.16. The maximum atomic E-state index is 12.4. The Balaban J connectivity index is 2.46. The van der Waals surface area contributed by atoms with Gasteiger partial charge in [-0.3, -0.25) is 9.40 Å². The summed E-state index contributed by atoms with van der Waals surface area (Å²) in [6.07, 6.45) is 0. The van der Waals surface area contributed by atoms with E-state index in [0.717, 1.165) is 5.56 Å². The highest BCUT2D eigenvalue weighted by molar-refractivity contribution is 9.10. The van der Waals surface area contributed by atoms with E-state index in [4.69, 9.17) is 0 Å². The van der Waals surface area contributed by atoms with E-state index in [-0.39, 0.29) is 20.9 Å². The van der Waals surface area contributed by atoms with Crippen molar-refractivity contribution in [3.8, 4) is 0 Å². The van der Waals surface area contributed by atoms with Crippen LogP contribution < -0.4 is 4.72 Å². The number of hydrogen-bond acceptors (Lipinski definition) is 5. The fourth-order valence-electron chi connectivity index (χ4n) is 1.82. The molecule has 0 aliphatic carbocycles. The molecule has 0 saturated carbocycles. The number of aromatic nitrogens is 2. The van der Waals surface area contributed by atoms with Crippen molar-refractivity contribution in [1.29, 1.82) is 0 Å². The van der Waals surface area contributed by atoms with Crippen LogP contribution in [0.1, 0.15) is 16.1 Å². The Hall–Kier alpha value is -1.87. The highest BCUT2D eigenvalue weighted by Gasteiger charge is 2.26. The molecule has 22 heavy (non-hydrogen) atoms. The van der Waals surface area contributed by atoms with Gasteiger partial charge in [-0.2, -0.15) is 5.10 Å². The van der Waals surface area contributed by atoms with Gasteiger partial charge in [0.1, 0.15) is 5.69 Å². The van der Waals surface area contributed by atoms with Gasteiger partial charge >= 0.3 is 5.97 Å². The van der Waals surface area contributed by atoms with Gasteiger partial charge in [-0.1, -0.05) is 17.7 Å². The van der Waals surface area contributed by atoms with Crippen molar-refractivity contribution >= 4 is 37.6 Å². The van der Waals surface area contributed by atoms with E-state index in [0.29, 0.717) is 0 Å². The molecule has 1 aromatic carbocycles. The zero-order valence-electron chi connectivity index (χ0n) is 12.1. The van der Waals surface area contributed by atoms with Crippen LogP contribution in [0.25, 0.3) is 0 Å². The smallest absolute Gasteiger partial charge is 0.358 e. The molecule has 9 heteroatoms. The summed E-state index contributed by atoms with van der Waals surface area (Å²) in [5, 5.41) is 3.98. The van der Waals surface area contributed by atoms with Crippen molar-refractivity contribution in [2.24, 2.45) is 7.05 Å². The number of esters is 1. The summed E-state index contributed by atoms with van der Waals surface area (Å²) in [7, 11) is -1.12. The second-order valence-corrected chi connectivity index (χ2v) is 6.98. The van der Waals surface area contributed by atoms with Gasteiger partial charge in [0, 0.05) is 7.05 Å². The molecule has 1 aromatic heterocycles. The van der Waals surface area contributed by atoms with E-state index in [1.54, 1.807) is 12.1 Å². The van der Waals surface area contributed by atoms with Crippen LogP contribution in [0.2, 0.25) is 0 Å². The lowest BCUT2D eigenvalue weighted by Gasteiger charge is -2.09. The van der Waals surface area contributed by atoms with Gasteiger partial charge in [0.2, 0.25) is 0 Å². The molecule has 2 aromatic rings. The lowest BCUT2D eigenvalue weighted by molar-refractivity contribution is 0.0589. The van der Waals surface area contributed by atoms with E-state index in [2.05, 4.69) is 30.5 Å². The molecule has 7 nitrogen and oxygen atoms in total. The standard InChI is InChI=1S/C13H14BrN3O4S/c1-8-4-6-9(7-5-8)22(19,20)16-10-11(13(18)21-3)17(2)15-12(10)14/h4-7,16H,1-3H3. The Kier molecular flexibility index (Phi) is 4.57. The maximum absolute atomic E-state index is 12.4. The number of nitrogens with zero attached hydrogens (tertiary/aromatic N) is 2. The first-order chi connectivity index (χ1) is 10.3. The molecule has 0 atom stereocenters. The highest BCUT2D eigenvalue weighted by atomic mass is 79.9. The molecule has 0 radical (unpaired) electrons. The summed E-state index contributed by atoms with van der Waals surface area (Å²) >= 11 is 3.14. The van der Waals surface area contributed by atoms with Crippen LogP contribution in [-0.2, 0) is 21.8 Å². The first-order valence-corrected chi connectivity index (χ1v) is 8.44. The topological polar surface area (TPSA) is 90.3 Å². The predicted molar refractivity (Wildman–Crippen MR) is 84.2 cm³/mol. The molecule has 0 amide bonds. The number of nitrogens with one attached hydrogen (secondary N) is 1. The van der Waals surface area contributed by atoms with Crippen LogP contribution in [0.15, 0.2) is 33.8 Å². The molecule has 1 N–H and O–H groups in total. The Bertz CT molecular complexity index is 813. The Morgan fingerprint density at radius 1 is 1.32 bits per heavy atom. The fraction of sp³-hybridized carbons (Fsp3) is 0.231. The molecule has 0 aliphatic heterocycles. The minimum Gasteiger partial charge on any atom is -0.464 e. The second-order valence-electron chi connectivity index (χ2n) is 4.55. The van der Waals surface area contributed by atoms with Crippen molar-refractivity contribution in [3.05, 3.63) is 40.1 Å². The lowest BCUT2D eigenvalue weighted by atomic mass is 10.2. The molecular formula is C13H14BrN3O4S. The molecule has 0 saturated heterocycles. The summed E-state index contributed by atoms with van der Waals surface area (Å²) in [6.45, 7) is 1.86. The zero-order valence-corrected chi connectivity index (χ0v) is 14.5. The average Bonchev–Trinajstić information content (AvgIpc) is 2.72. The van der Waals surface area contributed by atoms with Gasteiger partial charge in [-0.15, -0.1) is 0 Å². The van der Waals surface area contributed by atoms with Crippen LogP contribution in [-0.4, -0.2) is 31.3 Å². The third-order valence-electron chi connectivity index (χ3n) is 2.95. The highest BCUT2D eigenvalue weighted by Crippen LogP contribution is 2.28. The van der Waals surface area contributed by atoms with E-state index in [9.17, 15) is 13.2 Å². The normalized spacial score (nSPS) is 11.3. The van der Waals surface area contributed by atoms with Crippen LogP contribution >= 0.6 is 15.9 Å². The van der Waals surface area contributed by atoms with Crippen molar-refractivity contribution in [1.82, 2.24) is 9.78 Å². The third-order valence-corrected chi connectivity index (χ3v) is 4.87. The second kappa shape index (κ2) is 6.09. The summed E-state index contributed by atoms with van der Waals surface area (Å²) in [6, 6.07) is 6.35. The largest absolute Gasteiger partial charge is 0.464 e. The van der Waals surface area contributed by atoms with E-state index in [1.807, 2.05) is 6.92 Å². The van der Waals surface area contributed by atoms with Crippen LogP contribution in [0.3, 0.4) is 0 Å². The molecule has 2 rings (SSSR count). The van der Waals surface area contributed by atoms with Gasteiger partial charge < -0.3 is 4.74 Å². The number of sulfonamides is 1. The van der Waals surface area contributed by atoms with Gasteiger partial charge in [0.15, 0.2) is 10.3 Å². The molecule has 0 fully saturated rings. The number of aryl methyl sites for hydroxylation is 2. The zero-order chi connectivity index (χ0) is 16.5. The van der Waals surface area contributed by atoms with Crippen molar-refractivity contribution in [3.63, 3.8) is 0 Å². The van der Waals surface area contributed by atoms with Gasteiger partial charge in [0.25, 0.3) is 10.0 Å². The van der Waals surface area contributed by atoms with E-state index < -0.39 is 16.0 Å². The number of carbonyl (C=O) groups excluding carboxylic acids is 1. The SMILES string of the molecule is COC(=O)c1c(NS(=O)(=O)c2ccc(C)cc2)c(Br)nn1C. The molecule has 1 heterocycles. The number of hydrogen-bond donors (Lipinski definition) is 1. The van der Waals surface area contributed by atoms with Crippen molar-refractivity contribution in [2.75, 3.05) is 11.8 Å². The first kappa shape index (κ1) is 16.5. The van der Waals surface area contributed by atoms with Crippen LogP contribution in [0, 0.1) is 6.92 Å². The predicted octanol–water partition coefficient (Wildman–Crippen LogP) is 2.08. The van der Waals surface area contributed by atoms with Gasteiger partial charge in [-0.05, 0) is 35.0 Å². The van der Waals surface area contributed by atoms with Crippen LogP contribution in [0.4, 0.5) is 5.69 Å². The number of methoxy groups -OCH3 is 1. The number of anilines is 1. The Labute approximate surface area is 136 Å². The van der Waals surface area contributed by atoms with E-state index in [1.165, 1.54) is 31.0 Å². The number of rotatable bonds is 4. The van der Waals surface area contributed by atoms with Crippen molar-refractivity contribution in [2.45, 2.75) is 11.8 Å². The molecule has 0 bridgehead atoms. The number of benzene rings is 1. The molecule has 118 valence electrons. The summed E-state index contributed by atoms with van der Waals surface area (Å²) in [5.41, 5.74) is 0.983. The van der Waals surface area contributed by atoms with Crippen molar-refractivity contribution < 1.29 is 17.9 Å². The minimum absolute atomic E-state index is 0.00469. The molecule has 0 aliphatic rings. The van der Waals surface area contributed by atoms with Gasteiger partial charge in [0.05, 0.1) is 12.0 Å². The number of halogens is 1. The third kappa shape index (κ3) is 3.14. The average molecular weight is 388 g/mol. The summed E-state index contributed by atoms with van der Waals surface area (Å²) < 4.78 is 33.3. The fourth-order valence-corrected chi connectivity index (χ4v) is 3.55. The summed E-state index contributed by atoms with van der Waals surface area (Å²) in [5.74, 6) is -0.692. The van der Waals surface area contributed by atoms with Gasteiger partial charge in [-0.25, -0.2) is 13.2 Å². The number of ether oxygens (including phenoxy) is 1. The molecule has 0 spiro atoms. The Morgan fingerprint density at radius 2 is 1.91 bits per heavy atom. The summed E-state index contributed by atoms with van der Waals surface area (Å²) in [4.78, 5) is 11.9. The van der Waals surface area contributed by atoms with Crippen LogP contribution in [0.5, 0.6) is 0 Å².